The molecular formula is C28H12N6. The molecule has 0 unspecified atom stereocenters. The molecule has 2 aromatic carbocycles. The maximum Gasteiger partial charge on any atom is 0.270 e. The van der Waals surface area contributed by atoms with E-state index in [1.165, 1.54) is 0 Å². The van der Waals surface area contributed by atoms with Crippen LogP contribution in [0.1, 0.15) is 16.7 Å². The third-order valence-electron chi connectivity index (χ3n) is 5.70. The normalized spacial score (nSPS) is 12.4. The number of allylic oxidation sites excluding steroid dienone is 1. The molecule has 5 rings (SSSR count). The van der Waals surface area contributed by atoms with Gasteiger partial charge in [0, 0.05) is 29.1 Å². The molecule has 0 spiro atoms. The average Bonchev–Trinajstić information content (AvgIpc) is 3.21. The molecule has 1 aliphatic rings. The van der Waals surface area contributed by atoms with E-state index >= 15 is 0 Å². The third kappa shape index (κ3) is 3.09. The van der Waals surface area contributed by atoms with Crippen molar-refractivity contribution in [1.29, 1.82) is 10.5 Å². The van der Waals surface area contributed by atoms with Crippen LogP contribution in [0.2, 0.25) is 0 Å². The number of pyridine rings is 2. The summed E-state index contributed by atoms with van der Waals surface area (Å²) in [5, 5.41) is 19.6. The van der Waals surface area contributed by atoms with Gasteiger partial charge in [0.1, 0.15) is 0 Å². The van der Waals surface area contributed by atoms with Crippen LogP contribution in [0.5, 0.6) is 0 Å². The van der Waals surface area contributed by atoms with E-state index in [0.717, 1.165) is 11.1 Å². The lowest BCUT2D eigenvalue weighted by Crippen LogP contribution is -1.92. The standard InChI is InChI=1S/C28H12N6/c1-31-26-14-22-20(13-23(26)25-8-4-6-10-34-25)19-12-18(24-7-3-5-9-33-24)17(15-29)11-21(19)28(22)27(16-30)32-2/h3-14H/b28-27-. The molecule has 0 radical (unpaired) electrons. The smallest absolute Gasteiger partial charge is 0.258 e. The van der Waals surface area contributed by atoms with E-state index in [-0.39, 0.29) is 5.70 Å². The van der Waals surface area contributed by atoms with Gasteiger partial charge in [-0.3, -0.25) is 9.97 Å². The zero-order valence-corrected chi connectivity index (χ0v) is 17.6. The third-order valence-corrected chi connectivity index (χ3v) is 5.70. The highest BCUT2D eigenvalue weighted by Crippen LogP contribution is 2.51. The minimum absolute atomic E-state index is 0.0870. The fraction of sp³-hybridized carbons (Fsp3) is 0. The van der Waals surface area contributed by atoms with Gasteiger partial charge >= 0.3 is 0 Å². The lowest BCUT2D eigenvalue weighted by molar-refractivity contribution is 1.32. The van der Waals surface area contributed by atoms with E-state index in [1.54, 1.807) is 30.6 Å². The summed E-state index contributed by atoms with van der Waals surface area (Å²) in [5.74, 6) is 0. The summed E-state index contributed by atoms with van der Waals surface area (Å²) in [4.78, 5) is 16.0. The highest BCUT2D eigenvalue weighted by molar-refractivity contribution is 6.07. The maximum absolute atomic E-state index is 9.87. The quantitative estimate of drug-likeness (QED) is 0.238. The zero-order valence-electron chi connectivity index (χ0n) is 17.6. The highest BCUT2D eigenvalue weighted by Gasteiger charge is 2.30. The molecule has 1 aliphatic carbocycles. The molecule has 6 heteroatoms. The van der Waals surface area contributed by atoms with Gasteiger partial charge in [-0.2, -0.15) is 5.26 Å². The molecule has 34 heavy (non-hydrogen) atoms. The van der Waals surface area contributed by atoms with Gasteiger partial charge < -0.3 is 0 Å². The second kappa shape index (κ2) is 8.18. The Kier molecular flexibility index (Phi) is 4.89. The van der Waals surface area contributed by atoms with Gasteiger partial charge in [-0.25, -0.2) is 15.0 Å². The van der Waals surface area contributed by atoms with E-state index in [2.05, 4.69) is 25.7 Å². The van der Waals surface area contributed by atoms with Crippen LogP contribution in [-0.4, -0.2) is 9.97 Å². The fourth-order valence-corrected chi connectivity index (χ4v) is 4.23. The first-order valence-corrected chi connectivity index (χ1v) is 10.2. The number of rotatable bonds is 2. The summed E-state index contributed by atoms with van der Waals surface area (Å²) in [7, 11) is 0. The molecule has 154 valence electrons. The molecule has 2 aromatic heterocycles. The number of nitriles is 2. The largest absolute Gasteiger partial charge is 0.270 e. The van der Waals surface area contributed by atoms with Crippen LogP contribution in [0.3, 0.4) is 0 Å². The highest BCUT2D eigenvalue weighted by atomic mass is 14.7. The first-order chi connectivity index (χ1) is 16.7. The summed E-state index contributed by atoms with van der Waals surface area (Å²) in [6, 6.07) is 22.4. The Morgan fingerprint density at radius 2 is 1.35 bits per heavy atom. The molecule has 0 amide bonds. The predicted octanol–water partition coefficient (Wildman–Crippen LogP) is 6.42. The predicted molar refractivity (Wildman–Crippen MR) is 128 cm³/mol. The van der Waals surface area contributed by atoms with Crippen LogP contribution in [0.15, 0.2) is 78.8 Å². The Balaban J connectivity index is 1.89. The summed E-state index contributed by atoms with van der Waals surface area (Å²) >= 11 is 0. The minimum Gasteiger partial charge on any atom is -0.258 e. The van der Waals surface area contributed by atoms with Gasteiger partial charge in [-0.1, -0.05) is 18.2 Å². The second-order valence-corrected chi connectivity index (χ2v) is 7.46. The Morgan fingerprint density at radius 1 is 0.735 bits per heavy atom. The summed E-state index contributed by atoms with van der Waals surface area (Å²) < 4.78 is 0. The van der Waals surface area contributed by atoms with E-state index < -0.39 is 0 Å². The second-order valence-electron chi connectivity index (χ2n) is 7.46. The molecule has 0 fully saturated rings. The molecule has 2 heterocycles. The Bertz CT molecular complexity index is 1550. The van der Waals surface area contributed by atoms with Crippen LogP contribution in [0, 0.1) is 35.8 Å². The van der Waals surface area contributed by atoms with Crippen LogP contribution in [-0.2, 0) is 0 Å². The van der Waals surface area contributed by atoms with Gasteiger partial charge in [0.15, 0.2) is 5.69 Å². The van der Waals surface area contributed by atoms with Crippen molar-refractivity contribution < 1.29 is 0 Å². The number of aromatic nitrogens is 2. The minimum atomic E-state index is -0.0870. The topological polar surface area (TPSA) is 82.1 Å². The van der Waals surface area contributed by atoms with E-state index in [4.69, 9.17) is 13.1 Å². The zero-order chi connectivity index (χ0) is 23.7. The number of hydrogen-bond acceptors (Lipinski definition) is 4. The van der Waals surface area contributed by atoms with Crippen molar-refractivity contribution >= 4 is 11.3 Å². The fourth-order valence-electron chi connectivity index (χ4n) is 4.23. The van der Waals surface area contributed by atoms with Crippen molar-refractivity contribution in [3.8, 4) is 45.8 Å². The van der Waals surface area contributed by atoms with Crippen molar-refractivity contribution in [1.82, 2.24) is 9.97 Å². The van der Waals surface area contributed by atoms with Gasteiger partial charge in [0.2, 0.25) is 0 Å². The van der Waals surface area contributed by atoms with Crippen molar-refractivity contribution in [2.45, 2.75) is 0 Å². The van der Waals surface area contributed by atoms with Crippen LogP contribution in [0.25, 0.3) is 48.9 Å². The van der Waals surface area contributed by atoms with Crippen molar-refractivity contribution in [3.63, 3.8) is 0 Å². The Hall–Kier alpha value is -5.56. The average molecular weight is 432 g/mol. The molecule has 0 bridgehead atoms. The molecule has 0 aliphatic heterocycles. The lowest BCUT2D eigenvalue weighted by atomic mass is 9.95. The summed E-state index contributed by atoms with van der Waals surface area (Å²) in [5.41, 5.74) is 6.51. The van der Waals surface area contributed by atoms with Gasteiger partial charge in [0.05, 0.1) is 42.2 Å². The molecule has 0 atom stereocenters. The molecule has 0 saturated heterocycles. The molecule has 0 N–H and O–H groups in total. The van der Waals surface area contributed by atoms with Gasteiger partial charge in [-0.05, 0) is 64.7 Å². The van der Waals surface area contributed by atoms with E-state index in [1.807, 2.05) is 48.5 Å². The van der Waals surface area contributed by atoms with Crippen LogP contribution < -0.4 is 0 Å². The van der Waals surface area contributed by atoms with Crippen molar-refractivity contribution in [3.05, 3.63) is 118 Å². The van der Waals surface area contributed by atoms with Crippen LogP contribution >= 0.6 is 0 Å². The molecular weight excluding hydrogens is 420 g/mol. The summed E-state index contributed by atoms with van der Waals surface area (Å²) in [6.45, 7) is 15.3. The summed E-state index contributed by atoms with van der Waals surface area (Å²) in [6.07, 6.45) is 3.33. The van der Waals surface area contributed by atoms with Crippen LogP contribution in [0.4, 0.5) is 5.69 Å². The monoisotopic (exact) mass is 432 g/mol. The first kappa shape index (κ1) is 20.3. The van der Waals surface area contributed by atoms with Crippen molar-refractivity contribution in [2.24, 2.45) is 0 Å². The van der Waals surface area contributed by atoms with Gasteiger partial charge in [0.25, 0.3) is 5.70 Å². The number of fused-ring (bicyclic) bond motifs is 3. The Morgan fingerprint density at radius 3 is 1.88 bits per heavy atom. The number of hydrogen-bond donors (Lipinski definition) is 0. The molecule has 6 nitrogen and oxygen atoms in total. The first-order valence-electron chi connectivity index (χ1n) is 10.2. The molecule has 0 saturated carbocycles. The number of benzene rings is 2. The number of nitrogens with zero attached hydrogens (tertiary/aromatic N) is 6. The van der Waals surface area contributed by atoms with Crippen molar-refractivity contribution in [2.75, 3.05) is 0 Å². The maximum atomic E-state index is 9.87. The SMILES string of the molecule is [C-]#[N+]/C(C#N)=C1/c2cc(C#N)c(-c3ccccn3)cc2-c2cc(-c3ccccn3)c([N+]#[C-])cc21. The van der Waals surface area contributed by atoms with E-state index in [9.17, 15) is 10.5 Å². The van der Waals surface area contributed by atoms with Gasteiger partial charge in [-0.15, -0.1) is 0 Å². The Labute approximate surface area is 196 Å². The lowest BCUT2D eigenvalue weighted by Gasteiger charge is -2.10. The molecule has 4 aromatic rings. The van der Waals surface area contributed by atoms with E-state index in [0.29, 0.717) is 50.5 Å².